The summed E-state index contributed by atoms with van der Waals surface area (Å²) in [5, 5.41) is 16.3. The van der Waals surface area contributed by atoms with Crippen LogP contribution in [0.4, 0.5) is 0 Å². The molecule has 1 fully saturated rings. The first-order chi connectivity index (χ1) is 7.29. The number of hydrogen-bond donors (Lipinski definition) is 2. The van der Waals surface area contributed by atoms with Gasteiger partial charge in [-0.1, -0.05) is 5.16 Å². The second-order valence-electron chi connectivity index (χ2n) is 3.64. The molecule has 1 saturated heterocycles. The van der Waals surface area contributed by atoms with Gasteiger partial charge < -0.3 is 19.7 Å². The minimum Gasteiger partial charge on any atom is -0.392 e. The summed E-state index contributed by atoms with van der Waals surface area (Å²) >= 11 is 0. The van der Waals surface area contributed by atoms with E-state index in [4.69, 9.17) is 9.26 Å². The number of β-amino-alcohol motifs (C(OH)–C–C–N with tert-alkyl or cyclic N) is 1. The van der Waals surface area contributed by atoms with E-state index < -0.39 is 0 Å². The van der Waals surface area contributed by atoms with Crippen molar-refractivity contribution < 1.29 is 14.4 Å². The largest absolute Gasteiger partial charge is 0.392 e. The lowest BCUT2D eigenvalue weighted by Gasteiger charge is -2.01. The molecule has 0 amide bonds. The quantitative estimate of drug-likeness (QED) is 0.711. The third kappa shape index (κ3) is 2.53. The van der Waals surface area contributed by atoms with Crippen molar-refractivity contribution in [1.29, 1.82) is 0 Å². The number of hydrogen-bond acceptors (Lipinski definition) is 6. The van der Waals surface area contributed by atoms with Crippen LogP contribution in [0, 0.1) is 0 Å². The first-order valence-electron chi connectivity index (χ1n) is 5.02. The highest BCUT2D eigenvalue weighted by Gasteiger charge is 2.27. The molecule has 15 heavy (non-hydrogen) atoms. The van der Waals surface area contributed by atoms with Crippen LogP contribution in [0.5, 0.6) is 0 Å². The van der Waals surface area contributed by atoms with Gasteiger partial charge in [-0.3, -0.25) is 0 Å². The molecule has 0 aliphatic carbocycles. The molecule has 84 valence electrons. The zero-order valence-corrected chi connectivity index (χ0v) is 8.64. The number of aliphatic hydroxyl groups is 1. The van der Waals surface area contributed by atoms with Crippen molar-refractivity contribution in [2.45, 2.75) is 25.0 Å². The standard InChI is InChI=1S/C9H15N3O3/c1-14-3-2-8-11-9(15-12-8)7-4-6(13)5-10-7/h6-7,10,13H,2-5H2,1H3/t6-,7-/m1/s1. The molecular weight excluding hydrogens is 198 g/mol. The van der Waals surface area contributed by atoms with Gasteiger partial charge in [-0.2, -0.15) is 4.98 Å². The molecule has 0 unspecified atom stereocenters. The predicted octanol–water partition coefficient (Wildman–Crippen LogP) is -0.346. The highest BCUT2D eigenvalue weighted by molar-refractivity contribution is 4.97. The maximum Gasteiger partial charge on any atom is 0.243 e. The Bertz CT molecular complexity index is 315. The Hall–Kier alpha value is -0.980. The normalized spacial score (nSPS) is 26.0. The monoisotopic (exact) mass is 213 g/mol. The van der Waals surface area contributed by atoms with E-state index in [2.05, 4.69) is 15.5 Å². The molecule has 2 atom stereocenters. The van der Waals surface area contributed by atoms with Crippen molar-refractivity contribution >= 4 is 0 Å². The van der Waals surface area contributed by atoms with Crippen LogP contribution in [0.2, 0.25) is 0 Å². The zero-order valence-electron chi connectivity index (χ0n) is 8.64. The van der Waals surface area contributed by atoms with Gasteiger partial charge in [-0.05, 0) is 6.42 Å². The van der Waals surface area contributed by atoms with E-state index in [0.29, 0.717) is 37.7 Å². The summed E-state index contributed by atoms with van der Waals surface area (Å²) in [6.45, 7) is 1.17. The Kier molecular flexibility index (Phi) is 3.30. The fourth-order valence-electron chi connectivity index (χ4n) is 1.61. The van der Waals surface area contributed by atoms with E-state index in [9.17, 15) is 5.11 Å². The lowest BCUT2D eigenvalue weighted by atomic mass is 10.2. The third-order valence-corrected chi connectivity index (χ3v) is 2.42. The summed E-state index contributed by atoms with van der Waals surface area (Å²) in [6.07, 6.45) is 0.964. The predicted molar refractivity (Wildman–Crippen MR) is 51.2 cm³/mol. The fraction of sp³-hybridized carbons (Fsp3) is 0.778. The summed E-state index contributed by atoms with van der Waals surface area (Å²) < 4.78 is 10.0. The second kappa shape index (κ2) is 4.69. The molecule has 6 heteroatoms. The highest BCUT2D eigenvalue weighted by Crippen LogP contribution is 2.21. The van der Waals surface area contributed by atoms with Gasteiger partial charge in [0.2, 0.25) is 5.89 Å². The lowest BCUT2D eigenvalue weighted by Crippen LogP contribution is -2.15. The summed E-state index contributed by atoms with van der Waals surface area (Å²) in [4.78, 5) is 4.23. The SMILES string of the molecule is COCCc1noc([C@H]2C[C@@H](O)CN2)n1. The van der Waals surface area contributed by atoms with Crippen LogP contribution in [0.1, 0.15) is 24.2 Å². The van der Waals surface area contributed by atoms with Crippen molar-refractivity contribution in [2.24, 2.45) is 0 Å². The summed E-state index contributed by atoms with van der Waals surface area (Å²) in [5.74, 6) is 1.20. The van der Waals surface area contributed by atoms with E-state index in [-0.39, 0.29) is 12.1 Å². The van der Waals surface area contributed by atoms with E-state index >= 15 is 0 Å². The molecule has 1 aliphatic heterocycles. The minimum absolute atomic E-state index is 0.0104. The third-order valence-electron chi connectivity index (χ3n) is 2.42. The second-order valence-corrected chi connectivity index (χ2v) is 3.64. The fourth-order valence-corrected chi connectivity index (χ4v) is 1.61. The van der Waals surface area contributed by atoms with Crippen LogP contribution in [-0.4, -0.2) is 41.6 Å². The van der Waals surface area contributed by atoms with E-state index in [1.165, 1.54) is 0 Å². The van der Waals surface area contributed by atoms with E-state index in [0.717, 1.165) is 0 Å². The van der Waals surface area contributed by atoms with Crippen LogP contribution in [0.3, 0.4) is 0 Å². The molecule has 1 aliphatic rings. The van der Waals surface area contributed by atoms with Crippen LogP contribution in [0.25, 0.3) is 0 Å². The number of aromatic nitrogens is 2. The van der Waals surface area contributed by atoms with Crippen molar-refractivity contribution in [3.8, 4) is 0 Å². The van der Waals surface area contributed by atoms with E-state index in [1.807, 2.05) is 0 Å². The van der Waals surface area contributed by atoms with Gasteiger partial charge in [-0.25, -0.2) is 0 Å². The Labute approximate surface area is 87.6 Å². The van der Waals surface area contributed by atoms with Gasteiger partial charge in [0.1, 0.15) is 0 Å². The van der Waals surface area contributed by atoms with Crippen LogP contribution in [0.15, 0.2) is 4.52 Å². The molecule has 2 rings (SSSR count). The molecule has 2 heterocycles. The molecule has 2 N–H and O–H groups in total. The Morgan fingerprint density at radius 2 is 2.53 bits per heavy atom. The van der Waals surface area contributed by atoms with Crippen molar-refractivity contribution in [3.05, 3.63) is 11.7 Å². The number of nitrogens with one attached hydrogen (secondary N) is 1. The van der Waals surface area contributed by atoms with E-state index in [1.54, 1.807) is 7.11 Å². The summed E-state index contributed by atoms with van der Waals surface area (Å²) in [7, 11) is 1.63. The average molecular weight is 213 g/mol. The molecule has 0 spiro atoms. The lowest BCUT2D eigenvalue weighted by molar-refractivity contribution is 0.191. The van der Waals surface area contributed by atoms with Crippen LogP contribution in [-0.2, 0) is 11.2 Å². The number of methoxy groups -OCH3 is 1. The molecule has 1 aromatic rings. The van der Waals surface area contributed by atoms with Gasteiger partial charge in [0.25, 0.3) is 0 Å². The first kappa shape index (κ1) is 10.5. The van der Waals surface area contributed by atoms with Crippen molar-refractivity contribution in [2.75, 3.05) is 20.3 Å². The summed E-state index contributed by atoms with van der Waals surface area (Å²) in [6, 6.07) is -0.0104. The van der Waals surface area contributed by atoms with Crippen molar-refractivity contribution in [3.63, 3.8) is 0 Å². The maximum atomic E-state index is 9.34. The molecule has 1 aromatic heterocycles. The van der Waals surface area contributed by atoms with Crippen molar-refractivity contribution in [1.82, 2.24) is 15.5 Å². The molecule has 6 nitrogen and oxygen atoms in total. The molecule has 0 bridgehead atoms. The van der Waals surface area contributed by atoms with Gasteiger partial charge in [-0.15, -0.1) is 0 Å². The van der Waals surface area contributed by atoms with Crippen LogP contribution >= 0.6 is 0 Å². The van der Waals surface area contributed by atoms with Gasteiger partial charge in [0.05, 0.1) is 18.8 Å². The Morgan fingerprint density at radius 1 is 1.67 bits per heavy atom. The molecule has 0 aromatic carbocycles. The maximum absolute atomic E-state index is 9.34. The summed E-state index contributed by atoms with van der Waals surface area (Å²) in [5.41, 5.74) is 0. The number of ether oxygens (including phenoxy) is 1. The Morgan fingerprint density at radius 3 is 3.20 bits per heavy atom. The first-order valence-corrected chi connectivity index (χ1v) is 5.02. The molecule has 0 saturated carbocycles. The molecule has 0 radical (unpaired) electrons. The topological polar surface area (TPSA) is 80.4 Å². The Balaban J connectivity index is 1.94. The number of nitrogens with zero attached hydrogens (tertiary/aromatic N) is 2. The number of rotatable bonds is 4. The molecular formula is C9H15N3O3. The van der Waals surface area contributed by atoms with Gasteiger partial charge >= 0.3 is 0 Å². The smallest absolute Gasteiger partial charge is 0.243 e. The minimum atomic E-state index is -0.315. The highest BCUT2D eigenvalue weighted by atomic mass is 16.5. The van der Waals surface area contributed by atoms with Gasteiger partial charge in [0.15, 0.2) is 5.82 Å². The van der Waals surface area contributed by atoms with Gasteiger partial charge in [0, 0.05) is 20.1 Å². The zero-order chi connectivity index (χ0) is 10.7. The average Bonchev–Trinajstić information content (AvgIpc) is 2.83. The number of aliphatic hydroxyl groups excluding tert-OH is 1. The van der Waals surface area contributed by atoms with Crippen LogP contribution < -0.4 is 5.32 Å².